The third-order valence-corrected chi connectivity index (χ3v) is 5.44. The van der Waals surface area contributed by atoms with E-state index in [1.165, 1.54) is 12.7 Å². The zero-order valence-corrected chi connectivity index (χ0v) is 19.8. The number of methoxy groups -OCH3 is 1. The van der Waals surface area contributed by atoms with Crippen LogP contribution in [-0.2, 0) is 12.8 Å². The highest BCUT2D eigenvalue weighted by molar-refractivity contribution is 5.31. The van der Waals surface area contributed by atoms with Crippen molar-refractivity contribution in [2.75, 3.05) is 7.11 Å². The average molecular weight is 415 g/mol. The molecule has 4 nitrogen and oxygen atoms in total. The molecule has 166 valence electrons. The van der Waals surface area contributed by atoms with Gasteiger partial charge in [0.25, 0.3) is 5.95 Å². The zero-order chi connectivity index (χ0) is 22.8. The molecule has 1 aromatic rings. The average Bonchev–Trinajstić information content (AvgIpc) is 2.73. The quantitative estimate of drug-likeness (QED) is 0.384. The van der Waals surface area contributed by atoms with Gasteiger partial charge in [0.1, 0.15) is 5.76 Å². The van der Waals surface area contributed by atoms with E-state index in [0.29, 0.717) is 35.7 Å². The number of allylic oxidation sites excluding steroid dienone is 6. The first kappa shape index (κ1) is 25.7. The molecule has 0 aliphatic rings. The van der Waals surface area contributed by atoms with Gasteiger partial charge in [-0.05, 0) is 53.0 Å². The predicted octanol–water partition coefficient (Wildman–Crippen LogP) is 5.86. The van der Waals surface area contributed by atoms with Gasteiger partial charge in [-0.1, -0.05) is 55.4 Å². The van der Waals surface area contributed by atoms with Crippen LogP contribution in [0.25, 0.3) is 0 Å². The van der Waals surface area contributed by atoms with Gasteiger partial charge in [0.2, 0.25) is 0 Å². The second kappa shape index (κ2) is 12.4. The summed E-state index contributed by atoms with van der Waals surface area (Å²) in [6.07, 6.45) is 11.8. The number of ether oxygens (including phenoxy) is 1. The fraction of sp³-hybridized carbons (Fsp3) is 0.500. The Morgan fingerprint density at radius 1 is 1.27 bits per heavy atom. The normalized spacial score (nSPS) is 15.6. The first-order chi connectivity index (χ1) is 14.2. The van der Waals surface area contributed by atoms with Gasteiger partial charge in [-0.3, -0.25) is 4.79 Å². The second-order valence-corrected chi connectivity index (χ2v) is 7.91. The lowest BCUT2D eigenvalue weighted by Gasteiger charge is -2.16. The molecule has 0 unspecified atom stereocenters. The third-order valence-electron chi connectivity index (χ3n) is 5.44. The van der Waals surface area contributed by atoms with Crippen LogP contribution in [0, 0.1) is 12.8 Å². The monoisotopic (exact) mass is 414 g/mol. The molecule has 0 aliphatic carbocycles. The molecule has 0 saturated heterocycles. The van der Waals surface area contributed by atoms with Crippen LogP contribution < -0.4 is 10.2 Å². The largest absolute Gasteiger partial charge is 0.468 e. The van der Waals surface area contributed by atoms with Crippen LogP contribution in [0.3, 0.4) is 0 Å². The molecule has 2 atom stereocenters. The highest BCUT2D eigenvalue weighted by Gasteiger charge is 2.15. The summed E-state index contributed by atoms with van der Waals surface area (Å²) in [5, 5.41) is 10.3. The van der Waals surface area contributed by atoms with Crippen molar-refractivity contribution in [2.45, 2.75) is 73.8 Å². The van der Waals surface area contributed by atoms with Crippen LogP contribution in [0.2, 0.25) is 0 Å². The molecular weight excluding hydrogens is 376 g/mol. The van der Waals surface area contributed by atoms with E-state index in [1.807, 2.05) is 47.6 Å². The van der Waals surface area contributed by atoms with Gasteiger partial charge in [-0.25, -0.2) is 0 Å². The molecule has 1 N–H and O–H groups in total. The SMILES string of the molecule is C/C=C(/C)[C@@H](O)[C@H](C)/C=C(C)/C=C/C/C(C)=C/Cc1oc(OC)c(CC)c(=O)c1C. The van der Waals surface area contributed by atoms with E-state index in [4.69, 9.17) is 9.15 Å². The summed E-state index contributed by atoms with van der Waals surface area (Å²) < 4.78 is 11.1. The van der Waals surface area contributed by atoms with Crippen LogP contribution in [-0.4, -0.2) is 18.3 Å². The molecule has 1 rings (SSSR count). The zero-order valence-electron chi connectivity index (χ0n) is 19.8. The minimum Gasteiger partial charge on any atom is -0.468 e. The highest BCUT2D eigenvalue weighted by Crippen LogP contribution is 2.21. The Balaban J connectivity index is 2.80. The van der Waals surface area contributed by atoms with E-state index in [1.54, 1.807) is 0 Å². The Morgan fingerprint density at radius 3 is 2.50 bits per heavy atom. The maximum atomic E-state index is 12.5. The van der Waals surface area contributed by atoms with Crippen molar-refractivity contribution in [3.05, 3.63) is 74.2 Å². The smallest absolute Gasteiger partial charge is 0.291 e. The Hall–Kier alpha value is -2.33. The van der Waals surface area contributed by atoms with Crippen molar-refractivity contribution in [1.29, 1.82) is 0 Å². The molecule has 0 amide bonds. The van der Waals surface area contributed by atoms with Crippen LogP contribution in [0.5, 0.6) is 5.95 Å². The predicted molar refractivity (Wildman–Crippen MR) is 125 cm³/mol. The molecule has 0 fully saturated rings. The van der Waals surface area contributed by atoms with Gasteiger partial charge in [-0.15, -0.1) is 0 Å². The van der Waals surface area contributed by atoms with Crippen LogP contribution in [0.15, 0.2) is 56.3 Å². The summed E-state index contributed by atoms with van der Waals surface area (Å²) in [7, 11) is 1.53. The molecule has 1 aromatic heterocycles. The summed E-state index contributed by atoms with van der Waals surface area (Å²) in [5.41, 5.74) is 4.55. The molecule has 0 bridgehead atoms. The van der Waals surface area contributed by atoms with Gasteiger partial charge in [0.15, 0.2) is 5.43 Å². The third kappa shape index (κ3) is 7.17. The first-order valence-electron chi connectivity index (χ1n) is 10.7. The summed E-state index contributed by atoms with van der Waals surface area (Å²) in [4.78, 5) is 12.5. The van der Waals surface area contributed by atoms with E-state index in [9.17, 15) is 9.90 Å². The minimum atomic E-state index is -0.450. The topological polar surface area (TPSA) is 59.7 Å². The van der Waals surface area contributed by atoms with Crippen molar-refractivity contribution >= 4 is 0 Å². The van der Waals surface area contributed by atoms with E-state index in [2.05, 4.69) is 31.2 Å². The number of hydrogen-bond donors (Lipinski definition) is 1. The maximum absolute atomic E-state index is 12.5. The van der Waals surface area contributed by atoms with Gasteiger partial charge >= 0.3 is 0 Å². The molecule has 1 heterocycles. The van der Waals surface area contributed by atoms with Crippen molar-refractivity contribution in [3.63, 3.8) is 0 Å². The van der Waals surface area contributed by atoms with E-state index in [0.717, 1.165) is 17.6 Å². The summed E-state index contributed by atoms with van der Waals surface area (Å²) in [6, 6.07) is 0. The standard InChI is InChI=1S/C26H38O4/c1-9-19(5)24(27)20(6)16-18(4)13-11-12-17(3)14-15-23-21(7)25(28)22(10-2)26(29-8)30-23/h9,11,13-14,16,20,24,27H,10,12,15H2,1-8H3/b13-11+,17-14+,18-16+,19-9-/t20-,24-/m1/s1. The lowest BCUT2D eigenvalue weighted by Crippen LogP contribution is -2.17. The molecule has 0 saturated carbocycles. The number of rotatable bonds is 10. The van der Waals surface area contributed by atoms with E-state index in [-0.39, 0.29) is 11.3 Å². The number of hydrogen-bond acceptors (Lipinski definition) is 4. The van der Waals surface area contributed by atoms with Crippen molar-refractivity contribution in [3.8, 4) is 5.95 Å². The molecule has 0 radical (unpaired) electrons. The fourth-order valence-electron chi connectivity index (χ4n) is 3.29. The maximum Gasteiger partial charge on any atom is 0.291 e. The van der Waals surface area contributed by atoms with E-state index < -0.39 is 6.10 Å². The minimum absolute atomic E-state index is 0.00627. The van der Waals surface area contributed by atoms with Gasteiger partial charge < -0.3 is 14.3 Å². The Labute approximate surface area is 181 Å². The number of aliphatic hydroxyl groups is 1. The Bertz CT molecular complexity index is 881. The molecular formula is C26H38O4. The molecule has 4 heteroatoms. The van der Waals surface area contributed by atoms with Gasteiger partial charge in [0.05, 0.1) is 18.8 Å². The van der Waals surface area contributed by atoms with Crippen LogP contribution >= 0.6 is 0 Å². The van der Waals surface area contributed by atoms with Crippen molar-refractivity contribution in [1.82, 2.24) is 0 Å². The molecule has 0 aromatic carbocycles. The first-order valence-corrected chi connectivity index (χ1v) is 10.7. The second-order valence-electron chi connectivity index (χ2n) is 7.91. The Kier molecular flexibility index (Phi) is 10.6. The molecule has 30 heavy (non-hydrogen) atoms. The van der Waals surface area contributed by atoms with Gasteiger partial charge in [-0.2, -0.15) is 0 Å². The number of aliphatic hydroxyl groups excluding tert-OH is 1. The van der Waals surface area contributed by atoms with E-state index >= 15 is 0 Å². The summed E-state index contributed by atoms with van der Waals surface area (Å²) in [5.74, 6) is 1.03. The Morgan fingerprint density at radius 2 is 1.93 bits per heavy atom. The fourth-order valence-corrected chi connectivity index (χ4v) is 3.29. The summed E-state index contributed by atoms with van der Waals surface area (Å²) >= 11 is 0. The van der Waals surface area contributed by atoms with Gasteiger partial charge in [0, 0.05) is 17.9 Å². The lowest BCUT2D eigenvalue weighted by molar-refractivity contribution is 0.173. The van der Waals surface area contributed by atoms with Crippen molar-refractivity contribution < 1.29 is 14.3 Å². The molecule has 0 aliphatic heterocycles. The summed E-state index contributed by atoms with van der Waals surface area (Å²) in [6.45, 7) is 13.8. The van der Waals surface area contributed by atoms with Crippen LogP contribution in [0.4, 0.5) is 0 Å². The molecule has 0 spiro atoms. The van der Waals surface area contributed by atoms with Crippen LogP contribution in [0.1, 0.15) is 64.9 Å². The van der Waals surface area contributed by atoms with Crippen molar-refractivity contribution in [2.24, 2.45) is 5.92 Å². The lowest BCUT2D eigenvalue weighted by atomic mass is 9.96. The highest BCUT2D eigenvalue weighted by atomic mass is 16.6.